The number of benzene rings is 4. The number of amides is 1. The molecule has 3 aliphatic rings. The highest BCUT2D eigenvalue weighted by atomic mass is 19.1. The minimum Gasteiger partial charge on any atom is -0.452 e. The zero-order valence-electron chi connectivity index (χ0n) is 25.8. The van der Waals surface area contributed by atoms with Gasteiger partial charge in [-0.25, -0.2) is 4.39 Å². The third-order valence-corrected chi connectivity index (χ3v) is 10.5. The lowest BCUT2D eigenvalue weighted by molar-refractivity contribution is 0.0949. The Morgan fingerprint density at radius 3 is 2.57 bits per heavy atom. The topological polar surface area (TPSA) is 89.6 Å². The predicted octanol–water partition coefficient (Wildman–Crippen LogP) is 6.59. The van der Waals surface area contributed by atoms with Crippen molar-refractivity contribution >= 4 is 27.6 Å². The molecular formula is C38H37FN4O3. The van der Waals surface area contributed by atoms with Crippen LogP contribution in [0.25, 0.3) is 27.4 Å². The van der Waals surface area contributed by atoms with Gasteiger partial charge in [0.1, 0.15) is 16.9 Å². The molecule has 234 valence electrons. The van der Waals surface area contributed by atoms with Gasteiger partial charge in [0, 0.05) is 30.4 Å². The van der Waals surface area contributed by atoms with Gasteiger partial charge in [-0.2, -0.15) is 0 Å². The Hall–Kier alpha value is -4.53. The highest BCUT2D eigenvalue weighted by Gasteiger charge is 2.39. The van der Waals surface area contributed by atoms with Crippen LogP contribution in [0.15, 0.2) is 83.8 Å². The molecule has 5 aromatic rings. The molecule has 3 heterocycles. The van der Waals surface area contributed by atoms with E-state index in [9.17, 15) is 9.59 Å². The van der Waals surface area contributed by atoms with Crippen LogP contribution in [0.1, 0.15) is 65.4 Å². The molecule has 46 heavy (non-hydrogen) atoms. The zero-order chi connectivity index (χ0) is 31.5. The number of likely N-dealkylation sites (tertiary alicyclic amines) is 1. The second-order valence-corrected chi connectivity index (χ2v) is 13.2. The van der Waals surface area contributed by atoms with Crippen molar-refractivity contribution in [2.45, 2.75) is 56.0 Å². The number of fused-ring (bicyclic) bond motifs is 3. The van der Waals surface area contributed by atoms with E-state index in [-0.39, 0.29) is 28.8 Å². The van der Waals surface area contributed by atoms with E-state index in [1.54, 1.807) is 6.20 Å². The van der Waals surface area contributed by atoms with Crippen LogP contribution >= 0.6 is 0 Å². The third kappa shape index (κ3) is 4.79. The first-order valence-corrected chi connectivity index (χ1v) is 16.3. The summed E-state index contributed by atoms with van der Waals surface area (Å²) < 4.78 is 24.9. The first-order chi connectivity index (χ1) is 22.4. The van der Waals surface area contributed by atoms with Gasteiger partial charge in [-0.05, 0) is 92.1 Å². The molecule has 1 saturated carbocycles. The first kappa shape index (κ1) is 28.9. The fourth-order valence-electron chi connectivity index (χ4n) is 8.04. The smallest absolute Gasteiger partial charge is 0.256 e. The van der Waals surface area contributed by atoms with E-state index >= 15 is 4.39 Å². The largest absolute Gasteiger partial charge is 0.452 e. The van der Waals surface area contributed by atoms with Gasteiger partial charge in [-0.15, -0.1) is 0 Å². The van der Waals surface area contributed by atoms with Crippen LogP contribution in [0.4, 0.5) is 4.39 Å². The van der Waals surface area contributed by atoms with Gasteiger partial charge in [0.2, 0.25) is 5.43 Å². The molecule has 2 fully saturated rings. The van der Waals surface area contributed by atoms with Gasteiger partial charge in [0.15, 0.2) is 11.5 Å². The minimum atomic E-state index is -0.511. The average Bonchev–Trinajstić information content (AvgIpc) is 3.65. The maximum Gasteiger partial charge on any atom is 0.256 e. The summed E-state index contributed by atoms with van der Waals surface area (Å²) in [5, 5.41) is 5.05. The van der Waals surface area contributed by atoms with Crippen molar-refractivity contribution in [3.8, 4) is 17.2 Å². The maximum absolute atomic E-state index is 16.4. The number of hydrogen-bond acceptors (Lipinski definition) is 5. The molecule has 8 heteroatoms. The normalized spacial score (nSPS) is 22.2. The number of pyridine rings is 1. The fourth-order valence-corrected chi connectivity index (χ4v) is 8.04. The van der Waals surface area contributed by atoms with E-state index in [0.29, 0.717) is 53.7 Å². The number of aromatic nitrogens is 1. The van der Waals surface area contributed by atoms with Crippen molar-refractivity contribution in [2.75, 3.05) is 20.1 Å². The van der Waals surface area contributed by atoms with Gasteiger partial charge in [-0.1, -0.05) is 54.6 Å². The van der Waals surface area contributed by atoms with Crippen molar-refractivity contribution in [1.29, 1.82) is 0 Å². The Kier molecular flexibility index (Phi) is 7.14. The number of nitrogens with two attached hydrogens (primary N) is 1. The summed E-state index contributed by atoms with van der Waals surface area (Å²) in [4.78, 5) is 29.8. The van der Waals surface area contributed by atoms with Crippen LogP contribution in [0.2, 0.25) is 0 Å². The number of carbonyl (C=O) groups excluding carboxylic acids is 1. The summed E-state index contributed by atoms with van der Waals surface area (Å²) in [7, 11) is 2.10. The molecule has 1 aromatic heterocycles. The predicted molar refractivity (Wildman–Crippen MR) is 179 cm³/mol. The highest BCUT2D eigenvalue weighted by molar-refractivity contribution is 6.00. The van der Waals surface area contributed by atoms with Gasteiger partial charge >= 0.3 is 0 Å². The van der Waals surface area contributed by atoms with Gasteiger partial charge in [0.25, 0.3) is 5.91 Å². The van der Waals surface area contributed by atoms with E-state index in [0.717, 1.165) is 42.1 Å². The second kappa shape index (κ2) is 11.4. The quantitative estimate of drug-likeness (QED) is 0.220. The molecule has 4 aromatic carbocycles. The monoisotopic (exact) mass is 616 g/mol. The second-order valence-electron chi connectivity index (χ2n) is 13.2. The minimum absolute atomic E-state index is 0.0154. The Morgan fingerprint density at radius 2 is 1.80 bits per heavy atom. The molecule has 0 bridgehead atoms. The summed E-state index contributed by atoms with van der Waals surface area (Å²) in [5.74, 6) is -0.225. The number of nitrogens with zero attached hydrogens (tertiary/aromatic N) is 2. The number of nitrogens with one attached hydrogen (secondary N) is 1. The Morgan fingerprint density at radius 1 is 1.04 bits per heavy atom. The number of ether oxygens (including phenoxy) is 1. The molecule has 8 rings (SSSR count). The molecule has 2 unspecified atom stereocenters. The lowest BCUT2D eigenvalue weighted by Crippen LogP contribution is -2.34. The Balaban J connectivity index is 1.25. The van der Waals surface area contributed by atoms with Gasteiger partial charge in [-0.3, -0.25) is 9.59 Å². The summed E-state index contributed by atoms with van der Waals surface area (Å²) in [5.41, 5.74) is 8.90. The summed E-state index contributed by atoms with van der Waals surface area (Å²) in [6, 6.07) is 23.6. The molecule has 0 spiro atoms. The van der Waals surface area contributed by atoms with E-state index in [2.05, 4.69) is 29.4 Å². The molecule has 1 aliphatic carbocycles. The van der Waals surface area contributed by atoms with E-state index < -0.39 is 17.2 Å². The fraction of sp³-hybridized carbons (Fsp3) is 0.316. The van der Waals surface area contributed by atoms with Crippen LogP contribution in [-0.2, 0) is 0 Å². The van der Waals surface area contributed by atoms with Crippen molar-refractivity contribution in [1.82, 2.24) is 14.8 Å². The number of hydrogen-bond donors (Lipinski definition) is 2. The molecule has 3 N–H and O–H groups in total. The molecule has 1 amide bonds. The molecule has 0 radical (unpaired) electrons. The summed E-state index contributed by atoms with van der Waals surface area (Å²) >= 11 is 0. The van der Waals surface area contributed by atoms with Gasteiger partial charge in [0.05, 0.1) is 11.1 Å². The van der Waals surface area contributed by atoms with Crippen LogP contribution in [0, 0.1) is 5.82 Å². The number of halogens is 1. The van der Waals surface area contributed by atoms with Crippen molar-refractivity contribution in [2.24, 2.45) is 5.73 Å². The molecule has 1 saturated heterocycles. The van der Waals surface area contributed by atoms with E-state index in [1.807, 2.05) is 59.2 Å². The Bertz CT molecular complexity index is 2060. The highest BCUT2D eigenvalue weighted by Crippen LogP contribution is 2.51. The summed E-state index contributed by atoms with van der Waals surface area (Å²) in [6.45, 7) is 1.51. The van der Waals surface area contributed by atoms with Crippen molar-refractivity contribution in [3.05, 3.63) is 112 Å². The zero-order valence-corrected chi connectivity index (χ0v) is 25.8. The molecule has 4 atom stereocenters. The lowest BCUT2D eigenvalue weighted by atomic mass is 9.90. The van der Waals surface area contributed by atoms with Crippen LogP contribution < -0.4 is 21.2 Å². The average molecular weight is 617 g/mol. The van der Waals surface area contributed by atoms with Crippen LogP contribution in [0.5, 0.6) is 11.5 Å². The molecule has 2 aliphatic heterocycles. The maximum atomic E-state index is 16.4. The van der Waals surface area contributed by atoms with Crippen molar-refractivity contribution < 1.29 is 13.9 Å². The van der Waals surface area contributed by atoms with Crippen molar-refractivity contribution in [3.63, 3.8) is 0 Å². The van der Waals surface area contributed by atoms with Crippen LogP contribution in [-0.4, -0.2) is 47.6 Å². The SMILES string of the molecule is CN1CCCC1CCNC(=O)c1cn2c3c(c(C4C[C@@H](N)[C@H](c5ccccc5)C4)c(F)cc3c1=O)Oc1cc3ccccc3cc1-2. The van der Waals surface area contributed by atoms with E-state index in [4.69, 9.17) is 10.5 Å². The number of rotatable bonds is 6. The lowest BCUT2D eigenvalue weighted by Gasteiger charge is -2.28. The van der Waals surface area contributed by atoms with Gasteiger partial charge < -0.3 is 25.3 Å². The Labute approximate surface area is 266 Å². The van der Waals surface area contributed by atoms with E-state index in [1.165, 1.54) is 6.07 Å². The molecular weight excluding hydrogens is 579 g/mol. The summed E-state index contributed by atoms with van der Waals surface area (Å²) in [6.07, 6.45) is 5.91. The third-order valence-electron chi connectivity index (χ3n) is 10.5. The number of carbonyl (C=O) groups is 1. The standard InChI is InChI=1S/C38H37FN4O3/c1-42-15-7-12-26(42)13-14-41-38(45)29-21-43-32-18-23-10-5-6-11-24(23)19-33(32)46-37-34(30(39)20-28(35(37)43)36(29)44)25-16-27(31(40)17-25)22-8-3-2-4-9-22/h2-6,8-11,18-21,25-27,31H,7,12-17,40H2,1H3,(H,41,45)/t25?,26?,27-,31+/m0/s1. The molecule has 7 nitrogen and oxygen atoms in total. The first-order valence-electron chi connectivity index (χ1n) is 16.3. The van der Waals surface area contributed by atoms with Crippen LogP contribution in [0.3, 0.4) is 0 Å².